The van der Waals surface area contributed by atoms with E-state index in [-0.39, 0.29) is 18.0 Å². The van der Waals surface area contributed by atoms with Crippen molar-refractivity contribution in [1.29, 1.82) is 0 Å². The van der Waals surface area contributed by atoms with Crippen molar-refractivity contribution in [3.05, 3.63) is 34.6 Å². The zero-order chi connectivity index (χ0) is 15.5. The van der Waals surface area contributed by atoms with Crippen LogP contribution in [0, 0.1) is 5.82 Å². The lowest BCUT2D eigenvalue weighted by atomic mass is 9.91. The Balaban J connectivity index is 2.11. The minimum atomic E-state index is -0.528. The van der Waals surface area contributed by atoms with Gasteiger partial charge in [-0.3, -0.25) is 9.69 Å². The highest BCUT2D eigenvalue weighted by Crippen LogP contribution is 2.25. The largest absolute Gasteiger partial charge is 0.297 e. The summed E-state index contributed by atoms with van der Waals surface area (Å²) in [7, 11) is 0. The molecule has 1 aliphatic heterocycles. The second-order valence-corrected chi connectivity index (χ2v) is 6.70. The van der Waals surface area contributed by atoms with Gasteiger partial charge in [-0.25, -0.2) is 4.39 Å². The van der Waals surface area contributed by atoms with Crippen LogP contribution in [0.1, 0.15) is 45.1 Å². The van der Waals surface area contributed by atoms with Crippen LogP contribution in [-0.4, -0.2) is 29.3 Å². The van der Waals surface area contributed by atoms with E-state index in [2.05, 4.69) is 4.90 Å². The molecule has 0 atom stereocenters. The van der Waals surface area contributed by atoms with Gasteiger partial charge in [0.1, 0.15) is 5.82 Å². The Kier molecular flexibility index (Phi) is 5.39. The lowest BCUT2D eigenvalue weighted by Crippen LogP contribution is -2.51. The highest BCUT2D eigenvalue weighted by molar-refractivity contribution is 6.31. The van der Waals surface area contributed by atoms with Gasteiger partial charge >= 0.3 is 0 Å². The van der Waals surface area contributed by atoms with Gasteiger partial charge in [0.2, 0.25) is 0 Å². The Labute approximate surface area is 131 Å². The summed E-state index contributed by atoms with van der Waals surface area (Å²) in [6.07, 6.45) is 4.92. The molecule has 1 aromatic carbocycles. The molecule has 0 amide bonds. The van der Waals surface area contributed by atoms with Crippen LogP contribution in [0.15, 0.2) is 18.2 Å². The molecule has 21 heavy (non-hydrogen) atoms. The van der Waals surface area contributed by atoms with Gasteiger partial charge in [-0.2, -0.15) is 0 Å². The predicted octanol–water partition coefficient (Wildman–Crippen LogP) is 4.25. The standard InChI is InChI=1S/C17H23ClFNO/c1-17(2,20-9-5-3-4-6-10-20)16(21)12-13-11-14(19)7-8-15(13)18/h7-8,11H,3-6,9-10,12H2,1-2H3. The summed E-state index contributed by atoms with van der Waals surface area (Å²) >= 11 is 6.07. The molecule has 2 nitrogen and oxygen atoms in total. The first-order chi connectivity index (χ1) is 9.91. The van der Waals surface area contributed by atoms with Crippen molar-refractivity contribution < 1.29 is 9.18 Å². The first-order valence-corrected chi connectivity index (χ1v) is 8.01. The van der Waals surface area contributed by atoms with Crippen molar-refractivity contribution in [3.63, 3.8) is 0 Å². The zero-order valence-electron chi connectivity index (χ0n) is 12.8. The monoisotopic (exact) mass is 311 g/mol. The van der Waals surface area contributed by atoms with Gasteiger partial charge in [0, 0.05) is 11.4 Å². The summed E-state index contributed by atoms with van der Waals surface area (Å²) in [6.45, 7) is 5.84. The van der Waals surface area contributed by atoms with Crippen LogP contribution in [-0.2, 0) is 11.2 Å². The highest BCUT2D eigenvalue weighted by Gasteiger charge is 2.34. The number of nitrogens with zero attached hydrogens (tertiary/aromatic N) is 1. The normalized spacial score (nSPS) is 17.5. The van der Waals surface area contributed by atoms with Gasteiger partial charge in [-0.15, -0.1) is 0 Å². The van der Waals surface area contributed by atoms with Crippen LogP contribution in [0.2, 0.25) is 5.02 Å². The number of benzene rings is 1. The van der Waals surface area contributed by atoms with Crippen LogP contribution in [0.5, 0.6) is 0 Å². The average molecular weight is 312 g/mol. The van der Waals surface area contributed by atoms with E-state index in [4.69, 9.17) is 11.6 Å². The molecule has 0 spiro atoms. The van der Waals surface area contributed by atoms with Crippen molar-refractivity contribution in [1.82, 2.24) is 4.90 Å². The van der Waals surface area contributed by atoms with Crippen LogP contribution in [0.3, 0.4) is 0 Å². The number of hydrogen-bond acceptors (Lipinski definition) is 2. The van der Waals surface area contributed by atoms with Crippen molar-refractivity contribution in [2.75, 3.05) is 13.1 Å². The zero-order valence-corrected chi connectivity index (χ0v) is 13.5. The third-order valence-electron chi connectivity index (χ3n) is 4.44. The number of halogens is 2. The Morgan fingerprint density at radius 1 is 1.24 bits per heavy atom. The molecule has 2 rings (SSSR count). The van der Waals surface area contributed by atoms with Crippen molar-refractivity contribution in [3.8, 4) is 0 Å². The maximum atomic E-state index is 13.3. The first-order valence-electron chi connectivity index (χ1n) is 7.63. The van der Waals surface area contributed by atoms with Gasteiger partial charge in [-0.05, 0) is 63.5 Å². The first kappa shape index (κ1) is 16.4. The van der Waals surface area contributed by atoms with E-state index >= 15 is 0 Å². The second-order valence-electron chi connectivity index (χ2n) is 6.30. The smallest absolute Gasteiger partial charge is 0.156 e. The van der Waals surface area contributed by atoms with E-state index in [1.165, 1.54) is 31.0 Å². The lowest BCUT2D eigenvalue weighted by Gasteiger charge is -2.36. The number of likely N-dealkylation sites (tertiary alicyclic amines) is 1. The SMILES string of the molecule is CC(C)(C(=O)Cc1cc(F)ccc1Cl)N1CCCCCC1. The fourth-order valence-corrected chi connectivity index (χ4v) is 3.06. The molecule has 0 aromatic heterocycles. The minimum absolute atomic E-state index is 0.0944. The highest BCUT2D eigenvalue weighted by atomic mass is 35.5. The summed E-state index contributed by atoms with van der Waals surface area (Å²) in [4.78, 5) is 14.9. The fourth-order valence-electron chi connectivity index (χ4n) is 2.87. The number of rotatable bonds is 4. The molecule has 4 heteroatoms. The number of carbonyl (C=O) groups is 1. The topological polar surface area (TPSA) is 20.3 Å². The fraction of sp³-hybridized carbons (Fsp3) is 0.588. The maximum Gasteiger partial charge on any atom is 0.156 e. The number of Topliss-reactive ketones (excluding diaryl/α,β-unsaturated/α-hetero) is 1. The van der Waals surface area contributed by atoms with E-state index in [0.717, 1.165) is 25.9 Å². The van der Waals surface area contributed by atoms with E-state index in [1.807, 2.05) is 13.8 Å². The average Bonchev–Trinajstić information content (AvgIpc) is 2.72. The molecule has 1 aliphatic rings. The summed E-state index contributed by atoms with van der Waals surface area (Å²) in [6, 6.07) is 4.19. The summed E-state index contributed by atoms with van der Waals surface area (Å²) < 4.78 is 13.3. The van der Waals surface area contributed by atoms with Gasteiger partial charge in [0.15, 0.2) is 5.78 Å². The van der Waals surface area contributed by atoms with E-state index in [0.29, 0.717) is 10.6 Å². The molecule has 0 radical (unpaired) electrons. The van der Waals surface area contributed by atoms with Crippen molar-refractivity contribution in [2.45, 2.75) is 51.5 Å². The van der Waals surface area contributed by atoms with Crippen LogP contribution in [0.4, 0.5) is 4.39 Å². The molecule has 0 saturated carbocycles. The van der Waals surface area contributed by atoms with Crippen molar-refractivity contribution >= 4 is 17.4 Å². The summed E-state index contributed by atoms with van der Waals surface area (Å²) in [5, 5.41) is 0.455. The Hall–Kier alpha value is -0.930. The van der Waals surface area contributed by atoms with Crippen LogP contribution >= 0.6 is 11.6 Å². The molecule has 0 N–H and O–H groups in total. The van der Waals surface area contributed by atoms with E-state index in [9.17, 15) is 9.18 Å². The van der Waals surface area contributed by atoms with Gasteiger partial charge in [0.05, 0.1) is 5.54 Å². The third-order valence-corrected chi connectivity index (χ3v) is 4.81. The molecule has 0 unspecified atom stereocenters. The number of hydrogen-bond donors (Lipinski definition) is 0. The van der Waals surface area contributed by atoms with Crippen molar-refractivity contribution in [2.24, 2.45) is 0 Å². The Bertz CT molecular complexity index is 508. The lowest BCUT2D eigenvalue weighted by molar-refractivity contribution is -0.128. The van der Waals surface area contributed by atoms with Crippen LogP contribution in [0.25, 0.3) is 0 Å². The predicted molar refractivity (Wildman–Crippen MR) is 84.2 cm³/mol. The molecule has 0 bridgehead atoms. The molecule has 116 valence electrons. The van der Waals surface area contributed by atoms with Gasteiger partial charge < -0.3 is 0 Å². The molecular weight excluding hydrogens is 289 g/mol. The Morgan fingerprint density at radius 3 is 2.48 bits per heavy atom. The second kappa shape index (κ2) is 6.89. The Morgan fingerprint density at radius 2 is 1.86 bits per heavy atom. The maximum absolute atomic E-state index is 13.3. The molecule has 1 fully saturated rings. The van der Waals surface area contributed by atoms with E-state index in [1.54, 1.807) is 0 Å². The summed E-state index contributed by atoms with van der Waals surface area (Å²) in [5.74, 6) is -0.258. The third kappa shape index (κ3) is 4.04. The van der Waals surface area contributed by atoms with Crippen LogP contribution < -0.4 is 0 Å². The van der Waals surface area contributed by atoms with Gasteiger partial charge in [-0.1, -0.05) is 24.4 Å². The number of carbonyl (C=O) groups excluding carboxylic acids is 1. The van der Waals surface area contributed by atoms with Gasteiger partial charge in [0.25, 0.3) is 0 Å². The molecule has 1 aromatic rings. The molecule has 1 saturated heterocycles. The quantitative estimate of drug-likeness (QED) is 0.828. The molecular formula is C17H23ClFNO. The number of ketones is 1. The van der Waals surface area contributed by atoms with E-state index < -0.39 is 5.54 Å². The molecule has 0 aliphatic carbocycles. The molecule has 1 heterocycles. The minimum Gasteiger partial charge on any atom is -0.297 e. The summed E-state index contributed by atoms with van der Waals surface area (Å²) in [5.41, 5.74) is 0.0459.